The third-order valence-corrected chi connectivity index (χ3v) is 8.39. The lowest BCUT2D eigenvalue weighted by Crippen LogP contribution is -2.43. The summed E-state index contributed by atoms with van der Waals surface area (Å²) >= 11 is -1.10. The maximum Gasteiger partial charge on any atom is 0.227 e. The van der Waals surface area contributed by atoms with E-state index in [4.69, 9.17) is 9.97 Å². The number of nitrogens with zero attached hydrogens (tertiary/aromatic N) is 4. The number of hydrogen-bond acceptors (Lipinski definition) is 7. The zero-order chi connectivity index (χ0) is 21.6. The maximum absolute atomic E-state index is 12.6. The first kappa shape index (κ1) is 20.6. The van der Waals surface area contributed by atoms with Gasteiger partial charge in [0.2, 0.25) is 10.8 Å². The van der Waals surface area contributed by atoms with Crippen molar-refractivity contribution in [2.75, 3.05) is 35.7 Å². The number of benzene rings is 1. The molecule has 1 aromatic carbocycles. The fourth-order valence-corrected chi connectivity index (χ4v) is 5.87. The van der Waals surface area contributed by atoms with Crippen molar-refractivity contribution in [2.45, 2.75) is 54.9 Å². The number of fused-ring (bicyclic) bond motifs is 1. The van der Waals surface area contributed by atoms with Gasteiger partial charge in [-0.05, 0) is 49.3 Å². The van der Waals surface area contributed by atoms with E-state index in [0.29, 0.717) is 54.8 Å². The number of rotatable bonds is 5. The van der Waals surface area contributed by atoms with E-state index in [1.54, 1.807) is 0 Å². The summed E-state index contributed by atoms with van der Waals surface area (Å²) in [6.45, 7) is 3.47. The van der Waals surface area contributed by atoms with Gasteiger partial charge in [-0.1, -0.05) is 29.8 Å². The van der Waals surface area contributed by atoms with Gasteiger partial charge >= 0.3 is 0 Å². The number of piperidine rings is 1. The van der Waals surface area contributed by atoms with Crippen LogP contribution in [0.1, 0.15) is 42.5 Å². The summed E-state index contributed by atoms with van der Waals surface area (Å²) in [7, 11) is 0. The highest BCUT2D eigenvalue weighted by Crippen LogP contribution is 2.42. The second-order valence-corrected chi connectivity index (χ2v) is 10.6. The molecule has 1 atom stereocenters. The quantitative estimate of drug-likeness (QED) is 0.692. The third-order valence-electron chi connectivity index (χ3n) is 6.93. The molecule has 0 radical (unpaired) electrons. The van der Waals surface area contributed by atoms with Crippen LogP contribution in [0.5, 0.6) is 0 Å². The molecule has 1 saturated carbocycles. The van der Waals surface area contributed by atoms with E-state index in [2.05, 4.69) is 47.5 Å². The van der Waals surface area contributed by atoms with Crippen LogP contribution in [-0.4, -0.2) is 50.6 Å². The number of nitrogens with one attached hydrogen (secondary N) is 1. The average Bonchev–Trinajstić information content (AvgIpc) is 3.47. The molecule has 1 aromatic heterocycles. The molecule has 2 N–H and O–H groups in total. The molecule has 162 valence electrons. The summed E-state index contributed by atoms with van der Waals surface area (Å²) in [6, 6.07) is 10.9. The number of hydrogen-bond donors (Lipinski definition) is 2. The van der Waals surface area contributed by atoms with Crippen molar-refractivity contribution in [1.82, 2.24) is 9.97 Å². The number of aromatic nitrogens is 2. The molecule has 3 heterocycles. The predicted molar refractivity (Wildman–Crippen MR) is 120 cm³/mol. The Kier molecular flexibility index (Phi) is 5.08. The third kappa shape index (κ3) is 3.65. The van der Waals surface area contributed by atoms with Crippen molar-refractivity contribution >= 4 is 22.9 Å². The van der Waals surface area contributed by atoms with Crippen LogP contribution in [0, 0.1) is 18.3 Å². The Morgan fingerprint density at radius 3 is 2.52 bits per heavy atom. The van der Waals surface area contributed by atoms with Gasteiger partial charge < -0.3 is 19.9 Å². The summed E-state index contributed by atoms with van der Waals surface area (Å²) in [5.41, 5.74) is 2.28. The predicted octanol–water partition coefficient (Wildman–Crippen LogP) is 2.45. The van der Waals surface area contributed by atoms with Crippen LogP contribution in [0.2, 0.25) is 0 Å². The Bertz CT molecular complexity index is 1020. The zero-order valence-electron chi connectivity index (χ0n) is 17.7. The molecule has 0 amide bonds. The molecule has 5 rings (SSSR count). The molecule has 0 bridgehead atoms. The second-order valence-electron chi connectivity index (χ2n) is 9.06. The van der Waals surface area contributed by atoms with E-state index < -0.39 is 16.6 Å². The number of nitriles is 1. The van der Waals surface area contributed by atoms with Crippen LogP contribution in [0.25, 0.3) is 0 Å². The van der Waals surface area contributed by atoms with Crippen LogP contribution in [0.4, 0.5) is 11.8 Å². The highest BCUT2D eigenvalue weighted by atomic mass is 32.2. The molecule has 1 unspecified atom stereocenters. The molecular weight excluding hydrogens is 410 g/mol. The van der Waals surface area contributed by atoms with Gasteiger partial charge in [-0.3, -0.25) is 0 Å². The fourth-order valence-electron chi connectivity index (χ4n) is 4.56. The Morgan fingerprint density at radius 1 is 1.19 bits per heavy atom. The van der Waals surface area contributed by atoms with Crippen molar-refractivity contribution in [3.63, 3.8) is 0 Å². The highest BCUT2D eigenvalue weighted by molar-refractivity contribution is 7.91. The van der Waals surface area contributed by atoms with Gasteiger partial charge in [0.15, 0.2) is 5.82 Å². The molecule has 1 saturated heterocycles. The normalized spacial score (nSPS) is 23.2. The molecule has 2 fully saturated rings. The Morgan fingerprint density at radius 2 is 1.90 bits per heavy atom. The molecular formula is C23H27N5O2S. The molecule has 3 aliphatic rings. The van der Waals surface area contributed by atoms with Crippen LogP contribution in [-0.2, 0) is 23.0 Å². The minimum atomic E-state index is -1.10. The fraction of sp³-hybridized carbons (Fsp3) is 0.522. The summed E-state index contributed by atoms with van der Waals surface area (Å²) in [5.74, 6) is 1.81. The summed E-state index contributed by atoms with van der Waals surface area (Å²) in [4.78, 5) is 12.4. The SMILES string of the molecule is Cc1ccc(C2(C#N)CCN(c3nc4c(c(NC5(CO)CC5)n3)[S+]([O-])CC4)CC2)cc1. The monoisotopic (exact) mass is 437 g/mol. The van der Waals surface area contributed by atoms with Gasteiger partial charge in [0.1, 0.15) is 11.4 Å². The molecule has 1 aliphatic carbocycles. The van der Waals surface area contributed by atoms with E-state index >= 15 is 0 Å². The Hall–Kier alpha value is -2.34. The van der Waals surface area contributed by atoms with Crippen LogP contribution in [0.15, 0.2) is 29.2 Å². The van der Waals surface area contributed by atoms with Crippen molar-refractivity contribution in [3.05, 3.63) is 41.1 Å². The van der Waals surface area contributed by atoms with Gasteiger partial charge in [0.25, 0.3) is 0 Å². The van der Waals surface area contributed by atoms with Gasteiger partial charge in [-0.25, -0.2) is 4.98 Å². The van der Waals surface area contributed by atoms with Crippen molar-refractivity contribution < 1.29 is 9.66 Å². The van der Waals surface area contributed by atoms with E-state index in [0.717, 1.165) is 24.1 Å². The summed E-state index contributed by atoms with van der Waals surface area (Å²) in [6.07, 6.45) is 3.87. The lowest BCUT2D eigenvalue weighted by Gasteiger charge is -2.38. The maximum atomic E-state index is 12.6. The summed E-state index contributed by atoms with van der Waals surface area (Å²) in [5, 5.41) is 23.1. The molecule has 0 spiro atoms. The second kappa shape index (κ2) is 7.66. The van der Waals surface area contributed by atoms with Crippen LogP contribution in [0.3, 0.4) is 0 Å². The molecule has 2 aromatic rings. The molecule has 7 nitrogen and oxygen atoms in total. The number of aliphatic hydroxyl groups is 1. The van der Waals surface area contributed by atoms with Crippen molar-refractivity contribution in [1.29, 1.82) is 5.26 Å². The van der Waals surface area contributed by atoms with Gasteiger partial charge in [-0.2, -0.15) is 10.2 Å². The lowest BCUT2D eigenvalue weighted by atomic mass is 9.74. The topological polar surface area (TPSA) is 108 Å². The van der Waals surface area contributed by atoms with E-state index in [1.165, 1.54) is 5.56 Å². The smallest absolute Gasteiger partial charge is 0.227 e. The van der Waals surface area contributed by atoms with E-state index in [9.17, 15) is 14.9 Å². The van der Waals surface area contributed by atoms with Gasteiger partial charge in [0, 0.05) is 19.5 Å². The number of anilines is 2. The van der Waals surface area contributed by atoms with Crippen LogP contribution >= 0.6 is 0 Å². The first-order valence-electron chi connectivity index (χ1n) is 10.9. The van der Waals surface area contributed by atoms with Crippen molar-refractivity contribution in [2.24, 2.45) is 0 Å². The zero-order valence-corrected chi connectivity index (χ0v) is 18.5. The standard InChI is InChI=1S/C23H27N5O2S/c1-16-2-4-17(5-3-16)22(14-24)9-11-28(12-10-22)21-25-18-6-13-31(30)19(18)20(26-21)27-23(15-29)7-8-23/h2-5,29H,6-13,15H2,1H3,(H,25,26,27). The van der Waals surface area contributed by atoms with Crippen LogP contribution < -0.4 is 10.2 Å². The summed E-state index contributed by atoms with van der Waals surface area (Å²) < 4.78 is 12.6. The minimum Gasteiger partial charge on any atom is -0.611 e. The van der Waals surface area contributed by atoms with E-state index in [1.807, 2.05) is 0 Å². The van der Waals surface area contributed by atoms with E-state index in [-0.39, 0.29) is 12.1 Å². The Balaban J connectivity index is 1.40. The lowest BCUT2D eigenvalue weighted by molar-refractivity contribution is 0.265. The van der Waals surface area contributed by atoms with Gasteiger partial charge in [-0.15, -0.1) is 0 Å². The minimum absolute atomic E-state index is 0.0404. The highest BCUT2D eigenvalue weighted by Gasteiger charge is 2.45. The largest absolute Gasteiger partial charge is 0.611 e. The van der Waals surface area contributed by atoms with Gasteiger partial charge in [0.05, 0.1) is 23.6 Å². The molecule has 2 aliphatic heterocycles. The first-order chi connectivity index (χ1) is 15.0. The van der Waals surface area contributed by atoms with Crippen molar-refractivity contribution in [3.8, 4) is 6.07 Å². The molecule has 31 heavy (non-hydrogen) atoms. The number of aliphatic hydroxyl groups excluding tert-OH is 1. The average molecular weight is 438 g/mol. The number of aryl methyl sites for hydroxylation is 2. The molecule has 8 heteroatoms. The Labute approximate surface area is 185 Å². The first-order valence-corrected chi connectivity index (χ1v) is 12.2.